The van der Waals surface area contributed by atoms with E-state index in [1.165, 1.54) is 44.2 Å². The van der Waals surface area contributed by atoms with Crippen molar-refractivity contribution in [3.05, 3.63) is 35.8 Å². The summed E-state index contributed by atoms with van der Waals surface area (Å²) in [5.74, 6) is -0.121. The van der Waals surface area contributed by atoms with Crippen LogP contribution in [0, 0.1) is 11.7 Å². The van der Waals surface area contributed by atoms with Gasteiger partial charge in [0.15, 0.2) is 0 Å². The van der Waals surface area contributed by atoms with Gasteiger partial charge in [0.05, 0.1) is 11.1 Å². The second kappa shape index (κ2) is 5.27. The Labute approximate surface area is 117 Å². The minimum atomic E-state index is -0.455. The van der Waals surface area contributed by atoms with Crippen LogP contribution in [-0.2, 0) is 6.54 Å². The number of hydrogen-bond donors (Lipinski definition) is 1. The molecule has 0 aliphatic heterocycles. The summed E-state index contributed by atoms with van der Waals surface area (Å²) in [7, 11) is 0. The number of amides is 1. The number of primary amides is 1. The van der Waals surface area contributed by atoms with Crippen LogP contribution < -0.4 is 5.73 Å². The Hall–Kier alpha value is -1.84. The fraction of sp³-hybridized carbons (Fsp3) is 0.438. The van der Waals surface area contributed by atoms with Gasteiger partial charge in [-0.1, -0.05) is 19.3 Å². The third-order valence-electron chi connectivity index (χ3n) is 4.29. The molecule has 1 fully saturated rings. The SMILES string of the molecule is NC(=O)c1cn(CC2CCCCC2)c2cc(F)ccc12. The number of fused-ring (bicyclic) bond motifs is 1. The standard InChI is InChI=1S/C16H19FN2O/c17-12-6-7-13-14(16(18)20)10-19(15(13)8-12)9-11-4-2-1-3-5-11/h6-8,10-11H,1-5,9H2,(H2,18,20). The average molecular weight is 274 g/mol. The number of carbonyl (C=O) groups is 1. The van der Waals surface area contributed by atoms with Crippen molar-refractivity contribution < 1.29 is 9.18 Å². The van der Waals surface area contributed by atoms with E-state index in [1.54, 1.807) is 12.3 Å². The smallest absolute Gasteiger partial charge is 0.250 e. The number of benzene rings is 1. The van der Waals surface area contributed by atoms with Crippen molar-refractivity contribution in [3.8, 4) is 0 Å². The van der Waals surface area contributed by atoms with Gasteiger partial charge in [-0.15, -0.1) is 0 Å². The van der Waals surface area contributed by atoms with Gasteiger partial charge in [-0.25, -0.2) is 4.39 Å². The average Bonchev–Trinajstić information content (AvgIpc) is 2.78. The van der Waals surface area contributed by atoms with Crippen molar-refractivity contribution in [1.82, 2.24) is 4.57 Å². The number of hydrogen-bond acceptors (Lipinski definition) is 1. The largest absolute Gasteiger partial charge is 0.366 e. The summed E-state index contributed by atoms with van der Waals surface area (Å²) < 4.78 is 15.5. The predicted octanol–water partition coefficient (Wildman–Crippen LogP) is 3.46. The summed E-state index contributed by atoms with van der Waals surface area (Å²) in [5, 5.41) is 0.745. The normalized spacial score (nSPS) is 16.6. The number of aromatic nitrogens is 1. The zero-order valence-electron chi connectivity index (χ0n) is 11.4. The Kier molecular flexibility index (Phi) is 3.47. The van der Waals surface area contributed by atoms with Crippen LogP contribution in [-0.4, -0.2) is 10.5 Å². The maximum atomic E-state index is 13.5. The van der Waals surface area contributed by atoms with Crippen LogP contribution in [0.15, 0.2) is 24.4 Å². The first-order valence-electron chi connectivity index (χ1n) is 7.23. The van der Waals surface area contributed by atoms with Gasteiger partial charge in [-0.3, -0.25) is 4.79 Å². The first-order chi connectivity index (χ1) is 9.65. The fourth-order valence-corrected chi connectivity index (χ4v) is 3.26. The molecule has 0 atom stereocenters. The summed E-state index contributed by atoms with van der Waals surface area (Å²) in [6, 6.07) is 4.51. The number of nitrogens with two attached hydrogens (primary N) is 1. The highest BCUT2D eigenvalue weighted by Gasteiger charge is 2.18. The Morgan fingerprint density at radius 3 is 2.75 bits per heavy atom. The van der Waals surface area contributed by atoms with Gasteiger partial charge in [0.1, 0.15) is 5.82 Å². The van der Waals surface area contributed by atoms with Crippen molar-refractivity contribution in [2.45, 2.75) is 38.6 Å². The van der Waals surface area contributed by atoms with Gasteiger partial charge in [0.2, 0.25) is 0 Å². The predicted molar refractivity (Wildman–Crippen MR) is 77.0 cm³/mol. The molecule has 1 heterocycles. The van der Waals surface area contributed by atoms with Gasteiger partial charge in [0, 0.05) is 18.1 Å². The molecule has 0 spiro atoms. The van der Waals surface area contributed by atoms with Crippen LogP contribution >= 0.6 is 0 Å². The molecule has 1 aliphatic rings. The molecule has 1 amide bonds. The third-order valence-corrected chi connectivity index (χ3v) is 4.29. The first kappa shape index (κ1) is 13.2. The van der Waals surface area contributed by atoms with E-state index in [-0.39, 0.29) is 5.82 Å². The lowest BCUT2D eigenvalue weighted by molar-refractivity contribution is 0.100. The lowest BCUT2D eigenvalue weighted by atomic mass is 9.89. The van der Waals surface area contributed by atoms with Crippen LogP contribution in [0.25, 0.3) is 10.9 Å². The molecule has 4 heteroatoms. The van der Waals surface area contributed by atoms with Gasteiger partial charge < -0.3 is 10.3 Å². The molecule has 1 saturated carbocycles. The van der Waals surface area contributed by atoms with Crippen molar-refractivity contribution in [1.29, 1.82) is 0 Å². The van der Waals surface area contributed by atoms with Crippen LogP contribution in [0.1, 0.15) is 42.5 Å². The molecule has 3 nitrogen and oxygen atoms in total. The minimum absolute atomic E-state index is 0.281. The maximum Gasteiger partial charge on any atom is 0.250 e. The maximum absolute atomic E-state index is 13.5. The first-order valence-corrected chi connectivity index (χ1v) is 7.23. The lowest BCUT2D eigenvalue weighted by Gasteiger charge is -2.22. The second-order valence-corrected chi connectivity index (χ2v) is 5.72. The molecule has 1 aliphatic carbocycles. The highest BCUT2D eigenvalue weighted by atomic mass is 19.1. The molecule has 0 radical (unpaired) electrons. The highest BCUT2D eigenvalue weighted by molar-refractivity contribution is 6.06. The third kappa shape index (κ3) is 2.42. The summed E-state index contributed by atoms with van der Waals surface area (Å²) in [4.78, 5) is 11.5. The summed E-state index contributed by atoms with van der Waals surface area (Å²) >= 11 is 0. The van der Waals surface area contributed by atoms with E-state index < -0.39 is 5.91 Å². The van der Waals surface area contributed by atoms with Crippen LogP contribution in [0.2, 0.25) is 0 Å². The topological polar surface area (TPSA) is 48.0 Å². The quantitative estimate of drug-likeness (QED) is 0.915. The molecule has 20 heavy (non-hydrogen) atoms. The molecule has 2 N–H and O–H groups in total. The van der Waals surface area contributed by atoms with Crippen LogP contribution in [0.5, 0.6) is 0 Å². The number of carbonyl (C=O) groups excluding carboxylic acids is 1. The van der Waals surface area contributed by atoms with Crippen molar-refractivity contribution in [3.63, 3.8) is 0 Å². The van der Waals surface area contributed by atoms with Crippen LogP contribution in [0.3, 0.4) is 0 Å². The van der Waals surface area contributed by atoms with Crippen molar-refractivity contribution in [2.75, 3.05) is 0 Å². The number of halogens is 1. The number of nitrogens with zero attached hydrogens (tertiary/aromatic N) is 1. The van der Waals surface area contributed by atoms with Gasteiger partial charge in [-0.2, -0.15) is 0 Å². The second-order valence-electron chi connectivity index (χ2n) is 5.72. The van der Waals surface area contributed by atoms with E-state index in [4.69, 9.17) is 5.73 Å². The molecular weight excluding hydrogens is 255 g/mol. The van der Waals surface area contributed by atoms with Gasteiger partial charge in [0.25, 0.3) is 5.91 Å². The zero-order chi connectivity index (χ0) is 14.1. The monoisotopic (exact) mass is 274 g/mol. The lowest BCUT2D eigenvalue weighted by Crippen LogP contribution is -2.14. The Morgan fingerprint density at radius 1 is 1.30 bits per heavy atom. The van der Waals surface area contributed by atoms with Gasteiger partial charge in [-0.05, 0) is 37.0 Å². The Balaban J connectivity index is 2.00. The van der Waals surface area contributed by atoms with E-state index >= 15 is 0 Å². The molecule has 106 valence electrons. The minimum Gasteiger partial charge on any atom is -0.366 e. The van der Waals surface area contributed by atoms with E-state index in [2.05, 4.69) is 0 Å². The van der Waals surface area contributed by atoms with Crippen molar-refractivity contribution in [2.24, 2.45) is 11.7 Å². The fourth-order valence-electron chi connectivity index (χ4n) is 3.26. The van der Waals surface area contributed by atoms with E-state index in [0.29, 0.717) is 11.5 Å². The van der Waals surface area contributed by atoms with Crippen LogP contribution in [0.4, 0.5) is 4.39 Å². The zero-order valence-corrected chi connectivity index (χ0v) is 11.4. The molecular formula is C16H19FN2O. The molecule has 0 unspecified atom stereocenters. The Bertz CT molecular complexity index is 641. The Morgan fingerprint density at radius 2 is 2.05 bits per heavy atom. The van der Waals surface area contributed by atoms with Crippen molar-refractivity contribution >= 4 is 16.8 Å². The molecule has 3 rings (SSSR count). The molecule has 2 aromatic rings. The molecule has 1 aromatic carbocycles. The van der Waals surface area contributed by atoms with E-state index in [9.17, 15) is 9.18 Å². The summed E-state index contributed by atoms with van der Waals surface area (Å²) in [5.41, 5.74) is 6.67. The summed E-state index contributed by atoms with van der Waals surface area (Å²) in [6.07, 6.45) is 8.04. The number of rotatable bonds is 3. The summed E-state index contributed by atoms with van der Waals surface area (Å²) in [6.45, 7) is 0.841. The molecule has 0 bridgehead atoms. The molecule has 0 saturated heterocycles. The van der Waals surface area contributed by atoms with E-state index in [0.717, 1.165) is 17.4 Å². The van der Waals surface area contributed by atoms with Gasteiger partial charge >= 0.3 is 0 Å². The highest BCUT2D eigenvalue weighted by Crippen LogP contribution is 2.28. The van der Waals surface area contributed by atoms with E-state index in [1.807, 2.05) is 4.57 Å². The molecule has 1 aromatic heterocycles.